The normalized spacial score (nSPS) is 9.00. The lowest BCUT2D eigenvalue weighted by atomic mass is 10.7. The first-order valence-corrected chi connectivity index (χ1v) is 3.13. The summed E-state index contributed by atoms with van der Waals surface area (Å²) in [6.07, 6.45) is 0. The van der Waals surface area contributed by atoms with Crippen molar-refractivity contribution in [3.63, 3.8) is 0 Å². The van der Waals surface area contributed by atoms with Gasteiger partial charge in [-0.1, -0.05) is 0 Å². The molecule has 0 bridgehead atoms. The van der Waals surface area contributed by atoms with Crippen LogP contribution in [0.25, 0.3) is 0 Å². The van der Waals surface area contributed by atoms with Crippen LogP contribution in [0.1, 0.15) is 0 Å². The van der Waals surface area contributed by atoms with Crippen molar-refractivity contribution in [2.75, 3.05) is 40.5 Å². The van der Waals surface area contributed by atoms with Gasteiger partial charge >= 0.3 is 0 Å². The van der Waals surface area contributed by atoms with Crippen molar-refractivity contribution in [2.45, 2.75) is 0 Å². The van der Waals surface area contributed by atoms with Crippen LogP contribution in [-0.4, -0.2) is 40.5 Å². The van der Waals surface area contributed by atoms with Gasteiger partial charge in [0.05, 0.1) is 19.8 Å². The molecule has 0 saturated carbocycles. The van der Waals surface area contributed by atoms with Crippen LogP contribution in [0.2, 0.25) is 0 Å². The van der Waals surface area contributed by atoms with Gasteiger partial charge in [-0.25, -0.2) is 0 Å². The minimum atomic E-state index is 0. The largest absolute Gasteiger partial charge is 0.382 e. The minimum Gasteiger partial charge on any atom is -0.382 e. The van der Waals surface area contributed by atoms with Crippen molar-refractivity contribution in [1.82, 2.24) is 5.32 Å². The Morgan fingerprint density at radius 1 is 1.20 bits per heavy atom. The maximum atomic E-state index is 5.13. The Kier molecular flexibility index (Phi) is 15.7. The lowest BCUT2D eigenvalue weighted by Gasteiger charge is -2.01. The van der Waals surface area contributed by atoms with E-state index >= 15 is 0 Å². The van der Waals surface area contributed by atoms with Gasteiger partial charge in [0, 0.05) is 13.7 Å². The third kappa shape index (κ3) is 11.2. The fraction of sp³-hybridized carbons (Fsp3) is 1.00. The summed E-state index contributed by atoms with van der Waals surface area (Å²) in [6, 6.07) is 0. The zero-order valence-corrected chi connectivity index (χ0v) is 8.27. The minimum absolute atomic E-state index is 0. The van der Waals surface area contributed by atoms with E-state index in [2.05, 4.69) is 5.32 Å². The molecule has 0 amide bonds. The summed E-state index contributed by atoms with van der Waals surface area (Å²) in [7, 11) is 3.57. The van der Waals surface area contributed by atoms with Gasteiger partial charge in [0.15, 0.2) is 0 Å². The van der Waals surface area contributed by atoms with Crippen LogP contribution in [0.4, 0.5) is 0 Å². The molecule has 0 heterocycles. The highest BCUT2D eigenvalue weighted by Crippen LogP contribution is 1.72. The van der Waals surface area contributed by atoms with Crippen LogP contribution in [0.5, 0.6) is 0 Å². The molecule has 64 valence electrons. The molecule has 0 aliphatic carbocycles. The molecule has 0 spiro atoms. The number of hydrogen-bond acceptors (Lipinski definition) is 3. The molecule has 0 saturated heterocycles. The quantitative estimate of drug-likeness (QED) is 0.651. The average Bonchev–Trinajstić information content (AvgIpc) is 1.89. The van der Waals surface area contributed by atoms with Crippen molar-refractivity contribution >= 4 is 17.0 Å². The van der Waals surface area contributed by atoms with Gasteiger partial charge in [0.25, 0.3) is 0 Å². The predicted molar refractivity (Wildman–Crippen MR) is 46.9 cm³/mol. The molecule has 4 heteroatoms. The molecule has 0 atom stereocenters. The second-order valence-electron chi connectivity index (χ2n) is 1.71. The number of ether oxygens (including phenoxy) is 2. The van der Waals surface area contributed by atoms with E-state index in [9.17, 15) is 0 Å². The average molecular weight is 214 g/mol. The smallest absolute Gasteiger partial charge is 0.0700 e. The molecule has 10 heavy (non-hydrogen) atoms. The van der Waals surface area contributed by atoms with Gasteiger partial charge in [-0.05, 0) is 7.05 Å². The van der Waals surface area contributed by atoms with E-state index in [4.69, 9.17) is 9.47 Å². The lowest BCUT2D eigenvalue weighted by Crippen LogP contribution is -2.15. The summed E-state index contributed by atoms with van der Waals surface area (Å²) in [5, 5.41) is 2.98. The van der Waals surface area contributed by atoms with Crippen molar-refractivity contribution in [2.24, 2.45) is 0 Å². The first-order chi connectivity index (χ1) is 4.41. The Bertz CT molecular complexity index is 49.0. The van der Waals surface area contributed by atoms with Gasteiger partial charge in [-0.2, -0.15) is 0 Å². The topological polar surface area (TPSA) is 30.5 Å². The van der Waals surface area contributed by atoms with E-state index in [-0.39, 0.29) is 17.0 Å². The molecule has 0 aliphatic rings. The number of halogens is 1. The van der Waals surface area contributed by atoms with Crippen LogP contribution in [-0.2, 0) is 9.47 Å². The van der Waals surface area contributed by atoms with Crippen molar-refractivity contribution < 1.29 is 9.47 Å². The van der Waals surface area contributed by atoms with Crippen LogP contribution in [0.3, 0.4) is 0 Å². The van der Waals surface area contributed by atoms with Gasteiger partial charge in [0.1, 0.15) is 0 Å². The number of likely N-dealkylation sites (N-methyl/N-ethyl adjacent to an activating group) is 1. The summed E-state index contributed by atoms with van der Waals surface area (Å²) in [4.78, 5) is 0. The van der Waals surface area contributed by atoms with Gasteiger partial charge in [-0.3, -0.25) is 0 Å². The zero-order chi connectivity index (χ0) is 6.95. The van der Waals surface area contributed by atoms with Crippen molar-refractivity contribution in [3.8, 4) is 0 Å². The molecule has 0 aromatic rings. The van der Waals surface area contributed by atoms with Crippen LogP contribution >= 0.6 is 17.0 Å². The Morgan fingerprint density at radius 2 is 1.90 bits per heavy atom. The van der Waals surface area contributed by atoms with E-state index < -0.39 is 0 Å². The second-order valence-corrected chi connectivity index (χ2v) is 1.71. The summed E-state index contributed by atoms with van der Waals surface area (Å²) in [5.74, 6) is 0. The van der Waals surface area contributed by atoms with E-state index in [1.54, 1.807) is 7.11 Å². The Hall–Kier alpha value is 0.360. The number of rotatable bonds is 6. The van der Waals surface area contributed by atoms with Gasteiger partial charge < -0.3 is 14.8 Å². The molecule has 0 aliphatic heterocycles. The molecule has 1 N–H and O–H groups in total. The Morgan fingerprint density at radius 3 is 2.40 bits per heavy atom. The highest BCUT2D eigenvalue weighted by molar-refractivity contribution is 8.93. The highest BCUT2D eigenvalue weighted by Gasteiger charge is 1.83. The molecule has 0 aromatic carbocycles. The second kappa shape index (κ2) is 12.1. The van der Waals surface area contributed by atoms with Crippen molar-refractivity contribution in [1.29, 1.82) is 0 Å². The maximum Gasteiger partial charge on any atom is 0.0700 e. The molecule has 3 nitrogen and oxygen atoms in total. The zero-order valence-electron chi connectivity index (χ0n) is 6.55. The molecule has 0 unspecified atom stereocenters. The maximum absolute atomic E-state index is 5.13. The number of nitrogens with one attached hydrogen (secondary N) is 1. The molecular formula is C6H16BrNO2. The fourth-order valence-corrected chi connectivity index (χ4v) is 0.419. The highest BCUT2D eigenvalue weighted by atomic mass is 79.9. The van der Waals surface area contributed by atoms with Gasteiger partial charge in [-0.15, -0.1) is 17.0 Å². The SMILES string of the molecule is Br.CNCCOCCOC. The molecule has 0 fully saturated rings. The van der Waals surface area contributed by atoms with Gasteiger partial charge in [0.2, 0.25) is 0 Å². The first kappa shape index (κ1) is 13.0. The standard InChI is InChI=1S/C6H15NO2.BrH/c1-7-3-4-9-6-5-8-2;/h7H,3-6H2,1-2H3;1H. The Labute approximate surface area is 72.9 Å². The number of hydrogen-bond donors (Lipinski definition) is 1. The van der Waals surface area contributed by atoms with Crippen LogP contribution in [0.15, 0.2) is 0 Å². The van der Waals surface area contributed by atoms with Crippen LogP contribution < -0.4 is 5.32 Å². The van der Waals surface area contributed by atoms with E-state index in [1.807, 2.05) is 7.05 Å². The van der Waals surface area contributed by atoms with E-state index in [0.717, 1.165) is 13.2 Å². The predicted octanol–water partition coefficient (Wildman–Crippen LogP) is 0.447. The fourth-order valence-electron chi connectivity index (χ4n) is 0.419. The van der Waals surface area contributed by atoms with Crippen molar-refractivity contribution in [3.05, 3.63) is 0 Å². The third-order valence-electron chi connectivity index (χ3n) is 0.928. The molecular weight excluding hydrogens is 198 g/mol. The summed E-state index contributed by atoms with van der Waals surface area (Å²) >= 11 is 0. The lowest BCUT2D eigenvalue weighted by molar-refractivity contribution is 0.0726. The molecule has 0 rings (SSSR count). The molecule has 0 radical (unpaired) electrons. The Balaban J connectivity index is 0. The van der Waals surface area contributed by atoms with E-state index in [0.29, 0.717) is 13.2 Å². The van der Waals surface area contributed by atoms with Crippen LogP contribution in [0, 0.1) is 0 Å². The first-order valence-electron chi connectivity index (χ1n) is 3.13. The summed E-state index contributed by atoms with van der Waals surface area (Å²) in [6.45, 7) is 3.05. The molecule has 0 aromatic heterocycles. The summed E-state index contributed by atoms with van der Waals surface area (Å²) in [5.41, 5.74) is 0. The monoisotopic (exact) mass is 213 g/mol. The third-order valence-corrected chi connectivity index (χ3v) is 0.928. The number of methoxy groups -OCH3 is 1. The summed E-state index contributed by atoms with van der Waals surface area (Å²) < 4.78 is 9.90. The van der Waals surface area contributed by atoms with E-state index in [1.165, 1.54) is 0 Å².